The quantitative estimate of drug-likeness (QED) is 0.515. The standard InChI is InChI=1S/C20H16F3N5O/c1-3-16(29)14-4-10(2)13(8-25-14)12-5-11-7-26-18(24)6-15(11)28-9-17(20(21,22)23)27-19(12)28/h4-9H,3H2,1-2H3,(H2,24,26). The maximum Gasteiger partial charge on any atom is 0.434 e. The molecule has 2 N–H and O–H groups in total. The summed E-state index contributed by atoms with van der Waals surface area (Å²) in [4.78, 5) is 24.0. The lowest BCUT2D eigenvalue weighted by atomic mass is 10.0. The molecule has 0 atom stereocenters. The monoisotopic (exact) mass is 399 g/mol. The number of hydrogen-bond donors (Lipinski definition) is 1. The number of nitrogen functional groups attached to an aromatic ring is 1. The topological polar surface area (TPSA) is 86.2 Å². The molecule has 0 aliphatic carbocycles. The maximum atomic E-state index is 13.3. The number of alkyl halides is 3. The van der Waals surface area contributed by atoms with Crippen molar-refractivity contribution in [3.8, 4) is 11.1 Å². The number of nitrogens with zero attached hydrogens (tertiary/aromatic N) is 4. The van der Waals surface area contributed by atoms with Crippen molar-refractivity contribution in [1.29, 1.82) is 0 Å². The van der Waals surface area contributed by atoms with E-state index >= 15 is 0 Å². The lowest BCUT2D eigenvalue weighted by molar-refractivity contribution is -0.140. The molecule has 0 saturated heterocycles. The van der Waals surface area contributed by atoms with Gasteiger partial charge in [-0.25, -0.2) is 9.97 Å². The Labute approximate surface area is 163 Å². The van der Waals surface area contributed by atoms with Gasteiger partial charge in [0.1, 0.15) is 17.2 Å². The fourth-order valence-electron chi connectivity index (χ4n) is 3.27. The zero-order valence-electron chi connectivity index (χ0n) is 15.6. The first-order valence-electron chi connectivity index (χ1n) is 8.83. The van der Waals surface area contributed by atoms with E-state index in [1.54, 1.807) is 26.0 Å². The number of imidazole rings is 1. The van der Waals surface area contributed by atoms with Gasteiger partial charge >= 0.3 is 6.18 Å². The van der Waals surface area contributed by atoms with Gasteiger partial charge in [-0.3, -0.25) is 14.2 Å². The highest BCUT2D eigenvalue weighted by Crippen LogP contribution is 2.35. The number of hydrogen-bond acceptors (Lipinski definition) is 5. The number of fused-ring (bicyclic) bond motifs is 3. The van der Waals surface area contributed by atoms with Crippen molar-refractivity contribution in [2.24, 2.45) is 0 Å². The third-order valence-electron chi connectivity index (χ3n) is 4.74. The van der Waals surface area contributed by atoms with Crippen molar-refractivity contribution < 1.29 is 18.0 Å². The van der Waals surface area contributed by atoms with Gasteiger partial charge in [0.2, 0.25) is 0 Å². The molecule has 4 aromatic heterocycles. The van der Waals surface area contributed by atoms with E-state index in [-0.39, 0.29) is 17.2 Å². The summed E-state index contributed by atoms with van der Waals surface area (Å²) in [5, 5.41) is 0.598. The summed E-state index contributed by atoms with van der Waals surface area (Å²) in [5.74, 6) is 0.0808. The van der Waals surface area contributed by atoms with Crippen LogP contribution in [0.3, 0.4) is 0 Å². The predicted octanol–water partition coefficient (Wildman–Crippen LogP) is 4.45. The number of anilines is 1. The summed E-state index contributed by atoms with van der Waals surface area (Å²) in [6.45, 7) is 3.51. The Morgan fingerprint density at radius 3 is 2.55 bits per heavy atom. The Hall–Kier alpha value is -3.49. The first kappa shape index (κ1) is 18.9. The zero-order chi connectivity index (χ0) is 20.9. The van der Waals surface area contributed by atoms with Crippen molar-refractivity contribution in [2.45, 2.75) is 26.4 Å². The SMILES string of the molecule is CCC(=O)c1cc(C)c(-c2cc3cnc(N)cc3n3cc(C(F)(F)F)nc23)cn1. The molecule has 9 heteroatoms. The largest absolute Gasteiger partial charge is 0.434 e. The van der Waals surface area contributed by atoms with E-state index in [1.165, 1.54) is 22.9 Å². The Kier molecular flexibility index (Phi) is 4.25. The minimum Gasteiger partial charge on any atom is -0.384 e. The second kappa shape index (κ2) is 6.54. The van der Waals surface area contributed by atoms with Crippen LogP contribution >= 0.6 is 0 Å². The Morgan fingerprint density at radius 1 is 1.14 bits per heavy atom. The van der Waals surface area contributed by atoms with Crippen molar-refractivity contribution >= 4 is 28.2 Å². The summed E-state index contributed by atoms with van der Waals surface area (Å²) in [6, 6.07) is 4.84. The van der Waals surface area contributed by atoms with E-state index in [2.05, 4.69) is 15.0 Å². The van der Waals surface area contributed by atoms with Crippen molar-refractivity contribution in [3.05, 3.63) is 53.7 Å². The summed E-state index contributed by atoms with van der Waals surface area (Å²) >= 11 is 0. The fraction of sp³-hybridized carbons (Fsp3) is 0.200. The first-order valence-corrected chi connectivity index (χ1v) is 8.83. The van der Waals surface area contributed by atoms with Crippen LogP contribution in [0.25, 0.3) is 27.7 Å². The normalized spacial score (nSPS) is 12.0. The van der Waals surface area contributed by atoms with Gasteiger partial charge < -0.3 is 5.73 Å². The molecule has 0 aliphatic rings. The number of halogens is 3. The van der Waals surface area contributed by atoms with Crippen LogP contribution < -0.4 is 5.73 Å². The number of carbonyl (C=O) groups excluding carboxylic acids is 1. The van der Waals surface area contributed by atoms with Crippen LogP contribution in [0.1, 0.15) is 35.1 Å². The highest BCUT2D eigenvalue weighted by molar-refractivity contribution is 5.96. The molecule has 4 rings (SSSR count). The van der Waals surface area contributed by atoms with Crippen LogP contribution in [0.4, 0.5) is 19.0 Å². The minimum absolute atomic E-state index is 0.108. The second-order valence-corrected chi connectivity index (χ2v) is 6.70. The average Bonchev–Trinajstić information content (AvgIpc) is 3.13. The number of nitrogens with two attached hydrogens (primary N) is 1. The highest BCUT2D eigenvalue weighted by Gasteiger charge is 2.34. The van der Waals surface area contributed by atoms with Gasteiger partial charge in [0.05, 0.1) is 5.52 Å². The summed E-state index contributed by atoms with van der Waals surface area (Å²) < 4.78 is 41.4. The molecule has 0 unspecified atom stereocenters. The lowest BCUT2D eigenvalue weighted by Gasteiger charge is -2.11. The Bertz CT molecular complexity index is 1280. The predicted molar refractivity (Wildman–Crippen MR) is 102 cm³/mol. The molecule has 0 amide bonds. The second-order valence-electron chi connectivity index (χ2n) is 6.70. The van der Waals surface area contributed by atoms with Gasteiger partial charge in [-0.15, -0.1) is 0 Å². The van der Waals surface area contributed by atoms with Gasteiger partial charge in [-0.2, -0.15) is 13.2 Å². The van der Waals surface area contributed by atoms with Crippen LogP contribution in [-0.2, 0) is 6.18 Å². The van der Waals surface area contributed by atoms with E-state index in [9.17, 15) is 18.0 Å². The van der Waals surface area contributed by atoms with Crippen LogP contribution in [-0.4, -0.2) is 25.1 Å². The number of carbonyl (C=O) groups is 1. The van der Waals surface area contributed by atoms with E-state index in [1.807, 2.05) is 0 Å². The average molecular weight is 399 g/mol. The maximum absolute atomic E-state index is 13.3. The first-order chi connectivity index (χ1) is 13.7. The Balaban J connectivity index is 2.04. The van der Waals surface area contributed by atoms with Gasteiger partial charge in [-0.05, 0) is 24.6 Å². The number of Topliss-reactive ketones (excluding diaryl/α,β-unsaturated/α-hetero) is 1. The summed E-state index contributed by atoms with van der Waals surface area (Å²) in [7, 11) is 0. The number of aryl methyl sites for hydroxylation is 1. The molecule has 0 aliphatic heterocycles. The van der Waals surface area contributed by atoms with Crippen molar-refractivity contribution in [1.82, 2.24) is 19.4 Å². The molecule has 4 heterocycles. The highest BCUT2D eigenvalue weighted by atomic mass is 19.4. The third-order valence-corrected chi connectivity index (χ3v) is 4.74. The number of rotatable bonds is 3. The van der Waals surface area contributed by atoms with E-state index in [0.717, 1.165) is 6.20 Å². The summed E-state index contributed by atoms with van der Waals surface area (Å²) in [5.41, 5.74) is 7.37. The Morgan fingerprint density at radius 2 is 1.90 bits per heavy atom. The zero-order valence-corrected chi connectivity index (χ0v) is 15.6. The van der Waals surface area contributed by atoms with Crippen molar-refractivity contribution in [2.75, 3.05) is 5.73 Å². The molecule has 0 radical (unpaired) electrons. The van der Waals surface area contributed by atoms with Crippen LogP contribution in [0.5, 0.6) is 0 Å². The third kappa shape index (κ3) is 3.18. The molecule has 0 bridgehead atoms. The molecular formula is C20H16F3N5O. The molecular weight excluding hydrogens is 383 g/mol. The molecule has 0 saturated carbocycles. The van der Waals surface area contributed by atoms with Gasteiger partial charge in [0.25, 0.3) is 0 Å². The van der Waals surface area contributed by atoms with Crippen LogP contribution in [0.15, 0.2) is 36.8 Å². The van der Waals surface area contributed by atoms with Crippen molar-refractivity contribution in [3.63, 3.8) is 0 Å². The smallest absolute Gasteiger partial charge is 0.384 e. The molecule has 6 nitrogen and oxygen atoms in total. The number of aromatic nitrogens is 4. The van der Waals surface area contributed by atoms with Gasteiger partial charge in [0.15, 0.2) is 11.5 Å². The van der Waals surface area contributed by atoms with E-state index in [4.69, 9.17) is 5.73 Å². The van der Waals surface area contributed by atoms with E-state index in [0.29, 0.717) is 39.7 Å². The summed E-state index contributed by atoms with van der Waals surface area (Å²) in [6.07, 6.45) is -0.351. The van der Waals surface area contributed by atoms with Gasteiger partial charge in [-0.1, -0.05) is 6.92 Å². The number of pyridine rings is 3. The molecule has 4 aromatic rings. The lowest BCUT2D eigenvalue weighted by Crippen LogP contribution is -2.04. The van der Waals surface area contributed by atoms with Crippen LogP contribution in [0.2, 0.25) is 0 Å². The van der Waals surface area contributed by atoms with E-state index < -0.39 is 11.9 Å². The fourth-order valence-corrected chi connectivity index (χ4v) is 3.27. The molecule has 29 heavy (non-hydrogen) atoms. The molecule has 0 aromatic carbocycles. The number of ketones is 1. The van der Waals surface area contributed by atoms with Crippen LogP contribution in [0, 0.1) is 6.92 Å². The minimum atomic E-state index is -4.60. The molecule has 0 fully saturated rings. The molecule has 148 valence electrons. The molecule has 0 spiro atoms. The van der Waals surface area contributed by atoms with Gasteiger partial charge in [0, 0.05) is 47.6 Å².